The van der Waals surface area contributed by atoms with E-state index in [4.69, 9.17) is 0 Å². The topological polar surface area (TPSA) is 8.17 Å². The summed E-state index contributed by atoms with van der Waals surface area (Å²) in [6.07, 6.45) is 3.24. The molecule has 0 saturated heterocycles. The van der Waals surface area contributed by atoms with Gasteiger partial charge in [-0.25, -0.2) is 4.39 Å². The summed E-state index contributed by atoms with van der Waals surface area (Å²) in [5.74, 6) is -0.196. The Hall–Kier alpha value is -2.39. The summed E-state index contributed by atoms with van der Waals surface area (Å²) in [7, 11) is 2.18. The maximum absolute atomic E-state index is 13.2. The number of benzene rings is 2. The minimum Gasteiger partial charge on any atom is -0.320 e. The van der Waals surface area contributed by atoms with Crippen LogP contribution in [0.2, 0.25) is 0 Å². The number of para-hydroxylation sites is 1. The van der Waals surface area contributed by atoms with Crippen molar-refractivity contribution in [1.82, 2.24) is 9.47 Å². The smallest absolute Gasteiger partial charge is 0.123 e. The summed E-state index contributed by atoms with van der Waals surface area (Å²) in [5.41, 5.74) is 6.27. The van der Waals surface area contributed by atoms with Crippen LogP contribution in [0.5, 0.6) is 0 Å². The Bertz CT molecular complexity index is 919. The lowest BCUT2D eigenvalue weighted by Crippen LogP contribution is -2.26. The molecular weight excluding hydrogens is 299 g/mol. The van der Waals surface area contributed by atoms with Crippen LogP contribution < -0.4 is 0 Å². The first-order valence-corrected chi connectivity index (χ1v) is 8.37. The third kappa shape index (κ3) is 2.55. The standard InChI is InChI=1S/C21H21FN2/c1-15(16-7-9-17(22)10-8-16)13-24-20-6-4-3-5-18(20)19-14-23(2)12-11-21(19)24/h3-10,13H,11-12,14H2,1-2H3/b15-13-. The number of likely N-dealkylation sites (N-methyl/N-ethyl adjacent to an activating group) is 1. The van der Waals surface area contributed by atoms with Gasteiger partial charge in [-0.3, -0.25) is 0 Å². The monoisotopic (exact) mass is 320 g/mol. The zero-order valence-electron chi connectivity index (χ0n) is 14.1. The average molecular weight is 320 g/mol. The lowest BCUT2D eigenvalue weighted by Gasteiger charge is -2.23. The maximum atomic E-state index is 13.2. The second kappa shape index (κ2) is 5.91. The van der Waals surface area contributed by atoms with E-state index in [0.717, 1.165) is 30.6 Å². The highest BCUT2D eigenvalue weighted by Crippen LogP contribution is 2.31. The van der Waals surface area contributed by atoms with Crippen LogP contribution in [0.1, 0.15) is 23.7 Å². The fourth-order valence-corrected chi connectivity index (χ4v) is 3.61. The first kappa shape index (κ1) is 15.2. The van der Waals surface area contributed by atoms with E-state index in [1.165, 1.54) is 34.3 Å². The van der Waals surface area contributed by atoms with Crippen LogP contribution >= 0.6 is 0 Å². The molecule has 0 aliphatic carbocycles. The van der Waals surface area contributed by atoms with Gasteiger partial charge in [0.1, 0.15) is 5.82 Å². The minimum absolute atomic E-state index is 0.196. The van der Waals surface area contributed by atoms with Gasteiger partial charge in [0, 0.05) is 36.8 Å². The molecule has 0 amide bonds. The maximum Gasteiger partial charge on any atom is 0.123 e. The fraction of sp³-hybridized carbons (Fsp3) is 0.238. The Labute approximate surface area is 141 Å². The summed E-state index contributed by atoms with van der Waals surface area (Å²) in [4.78, 5) is 2.37. The molecule has 0 atom stereocenters. The third-order valence-electron chi connectivity index (χ3n) is 4.91. The predicted octanol–water partition coefficient (Wildman–Crippen LogP) is 4.79. The van der Waals surface area contributed by atoms with Gasteiger partial charge in [-0.2, -0.15) is 0 Å². The molecule has 122 valence electrons. The lowest BCUT2D eigenvalue weighted by molar-refractivity contribution is 0.312. The summed E-state index contributed by atoms with van der Waals surface area (Å²) in [6, 6.07) is 15.3. The molecule has 1 aliphatic rings. The number of hydrogen-bond donors (Lipinski definition) is 0. The van der Waals surface area contributed by atoms with Crippen LogP contribution in [-0.2, 0) is 13.0 Å². The zero-order chi connectivity index (χ0) is 16.7. The Morgan fingerprint density at radius 2 is 1.83 bits per heavy atom. The number of nitrogens with zero attached hydrogens (tertiary/aromatic N) is 2. The van der Waals surface area contributed by atoms with Gasteiger partial charge in [-0.15, -0.1) is 0 Å². The predicted molar refractivity (Wildman–Crippen MR) is 98.2 cm³/mol. The van der Waals surface area contributed by atoms with Gasteiger partial charge in [0.2, 0.25) is 0 Å². The van der Waals surface area contributed by atoms with E-state index in [2.05, 4.69) is 53.9 Å². The Morgan fingerprint density at radius 1 is 1.08 bits per heavy atom. The number of hydrogen-bond acceptors (Lipinski definition) is 1. The van der Waals surface area contributed by atoms with Crippen molar-refractivity contribution < 1.29 is 4.39 Å². The van der Waals surface area contributed by atoms with Gasteiger partial charge >= 0.3 is 0 Å². The number of allylic oxidation sites excluding steroid dienone is 1. The van der Waals surface area contributed by atoms with Crippen molar-refractivity contribution in [3.05, 3.63) is 71.2 Å². The summed E-state index contributed by atoms with van der Waals surface area (Å²) < 4.78 is 15.5. The highest BCUT2D eigenvalue weighted by Gasteiger charge is 2.21. The molecule has 1 aliphatic heterocycles. The van der Waals surface area contributed by atoms with E-state index in [-0.39, 0.29) is 5.82 Å². The number of aromatic nitrogens is 1. The molecule has 0 bridgehead atoms. The fourth-order valence-electron chi connectivity index (χ4n) is 3.61. The molecule has 0 unspecified atom stereocenters. The van der Waals surface area contributed by atoms with Crippen LogP contribution in [0.15, 0.2) is 48.5 Å². The van der Waals surface area contributed by atoms with Gasteiger partial charge in [0.25, 0.3) is 0 Å². The van der Waals surface area contributed by atoms with Crippen LogP contribution in [0.25, 0.3) is 22.7 Å². The van der Waals surface area contributed by atoms with Crippen molar-refractivity contribution in [2.75, 3.05) is 13.6 Å². The molecule has 0 radical (unpaired) electrons. The van der Waals surface area contributed by atoms with Gasteiger partial charge in [-0.05, 0) is 48.9 Å². The van der Waals surface area contributed by atoms with Gasteiger partial charge in [-0.1, -0.05) is 30.3 Å². The molecule has 0 spiro atoms. The molecule has 0 fully saturated rings. The summed E-state index contributed by atoms with van der Waals surface area (Å²) in [6.45, 7) is 4.16. The first-order chi connectivity index (χ1) is 11.6. The van der Waals surface area contributed by atoms with E-state index in [1.54, 1.807) is 0 Å². The second-order valence-electron chi connectivity index (χ2n) is 6.62. The molecule has 2 aromatic carbocycles. The largest absolute Gasteiger partial charge is 0.320 e. The summed E-state index contributed by atoms with van der Waals surface area (Å²) >= 11 is 0. The molecule has 0 saturated carbocycles. The van der Waals surface area contributed by atoms with E-state index >= 15 is 0 Å². The third-order valence-corrected chi connectivity index (χ3v) is 4.91. The van der Waals surface area contributed by atoms with E-state index in [0.29, 0.717) is 0 Å². The Balaban J connectivity index is 1.87. The molecule has 3 heteroatoms. The molecular formula is C21H21FN2. The molecule has 1 aromatic heterocycles. The van der Waals surface area contributed by atoms with E-state index < -0.39 is 0 Å². The quantitative estimate of drug-likeness (QED) is 0.659. The zero-order valence-corrected chi connectivity index (χ0v) is 14.1. The van der Waals surface area contributed by atoms with Crippen molar-refractivity contribution in [2.24, 2.45) is 0 Å². The number of rotatable bonds is 2. The lowest BCUT2D eigenvalue weighted by atomic mass is 10.1. The second-order valence-corrected chi connectivity index (χ2v) is 6.62. The van der Waals surface area contributed by atoms with Gasteiger partial charge in [0.05, 0.1) is 5.52 Å². The van der Waals surface area contributed by atoms with E-state index in [1.807, 2.05) is 12.1 Å². The average Bonchev–Trinajstić information content (AvgIpc) is 2.89. The molecule has 2 nitrogen and oxygen atoms in total. The highest BCUT2D eigenvalue weighted by molar-refractivity contribution is 5.90. The summed E-state index contributed by atoms with van der Waals surface area (Å²) in [5, 5.41) is 1.34. The Morgan fingerprint density at radius 3 is 2.62 bits per heavy atom. The highest BCUT2D eigenvalue weighted by atomic mass is 19.1. The first-order valence-electron chi connectivity index (χ1n) is 8.37. The number of halogens is 1. The van der Waals surface area contributed by atoms with Crippen molar-refractivity contribution in [3.63, 3.8) is 0 Å². The molecule has 4 rings (SSSR count). The van der Waals surface area contributed by atoms with Crippen LogP contribution in [0.3, 0.4) is 0 Å². The molecule has 3 aromatic rings. The van der Waals surface area contributed by atoms with Crippen LogP contribution in [0.4, 0.5) is 4.39 Å². The molecule has 24 heavy (non-hydrogen) atoms. The number of fused-ring (bicyclic) bond motifs is 3. The molecule has 0 N–H and O–H groups in total. The van der Waals surface area contributed by atoms with Gasteiger partial charge < -0.3 is 9.47 Å². The normalized spacial score (nSPS) is 15.7. The SMILES string of the molecule is C/C(=C/n1c2c(c3ccccc31)CN(C)CC2)c1ccc(F)cc1. The van der Waals surface area contributed by atoms with Crippen LogP contribution in [-0.4, -0.2) is 23.1 Å². The van der Waals surface area contributed by atoms with E-state index in [9.17, 15) is 4.39 Å². The molecule has 2 heterocycles. The van der Waals surface area contributed by atoms with Crippen molar-refractivity contribution in [1.29, 1.82) is 0 Å². The van der Waals surface area contributed by atoms with Crippen molar-refractivity contribution in [3.8, 4) is 0 Å². The van der Waals surface area contributed by atoms with Gasteiger partial charge in [0.15, 0.2) is 0 Å². The van der Waals surface area contributed by atoms with Crippen molar-refractivity contribution in [2.45, 2.75) is 19.9 Å². The minimum atomic E-state index is -0.196. The van der Waals surface area contributed by atoms with Crippen molar-refractivity contribution >= 4 is 22.7 Å². The Kier molecular flexibility index (Phi) is 3.73. The van der Waals surface area contributed by atoms with Crippen LogP contribution in [0, 0.1) is 5.82 Å².